The lowest BCUT2D eigenvalue weighted by Gasteiger charge is -2.15. The van der Waals surface area contributed by atoms with Gasteiger partial charge in [0.15, 0.2) is 0 Å². The Hall–Kier alpha value is -1.93. The molecule has 4 nitrogen and oxygen atoms in total. The molecular formula is C14H13F3N2O2S. The Balaban J connectivity index is 2.66. The van der Waals surface area contributed by atoms with E-state index in [-0.39, 0.29) is 16.2 Å². The van der Waals surface area contributed by atoms with Gasteiger partial charge in [-0.25, -0.2) is 17.7 Å². The Kier molecular flexibility index (Phi) is 4.25. The van der Waals surface area contributed by atoms with E-state index in [4.69, 9.17) is 0 Å². The zero-order valence-electron chi connectivity index (χ0n) is 11.8. The van der Waals surface area contributed by atoms with E-state index in [1.54, 1.807) is 6.07 Å². The summed E-state index contributed by atoms with van der Waals surface area (Å²) in [4.78, 5) is 3.45. The number of sulfonamides is 1. The van der Waals surface area contributed by atoms with Gasteiger partial charge in [0.05, 0.1) is 10.6 Å². The number of nitrogens with zero attached hydrogens (tertiary/aromatic N) is 2. The van der Waals surface area contributed by atoms with Gasteiger partial charge < -0.3 is 0 Å². The van der Waals surface area contributed by atoms with Crippen LogP contribution in [0.2, 0.25) is 0 Å². The van der Waals surface area contributed by atoms with E-state index in [1.807, 2.05) is 0 Å². The zero-order valence-corrected chi connectivity index (χ0v) is 12.6. The van der Waals surface area contributed by atoms with E-state index in [2.05, 4.69) is 4.98 Å². The molecule has 0 amide bonds. The summed E-state index contributed by atoms with van der Waals surface area (Å²) in [5.41, 5.74) is -0.986. The Morgan fingerprint density at radius 1 is 1.00 bits per heavy atom. The lowest BCUT2D eigenvalue weighted by atomic mass is 10.1. The van der Waals surface area contributed by atoms with Crippen molar-refractivity contribution in [3.8, 4) is 11.3 Å². The molecule has 0 bridgehead atoms. The molecule has 0 aliphatic rings. The van der Waals surface area contributed by atoms with Crippen LogP contribution in [0.3, 0.4) is 0 Å². The molecule has 22 heavy (non-hydrogen) atoms. The van der Waals surface area contributed by atoms with E-state index in [0.29, 0.717) is 0 Å². The third-order valence-corrected chi connectivity index (χ3v) is 4.83. The van der Waals surface area contributed by atoms with Gasteiger partial charge in [-0.3, -0.25) is 0 Å². The minimum atomic E-state index is -4.59. The maximum Gasteiger partial charge on any atom is 0.433 e. The fourth-order valence-corrected chi connectivity index (χ4v) is 2.94. The van der Waals surface area contributed by atoms with E-state index in [9.17, 15) is 21.6 Å². The lowest BCUT2D eigenvalue weighted by molar-refractivity contribution is -0.141. The number of alkyl halides is 3. The van der Waals surface area contributed by atoms with Crippen LogP contribution in [-0.4, -0.2) is 31.8 Å². The molecule has 2 aromatic rings. The van der Waals surface area contributed by atoms with Crippen molar-refractivity contribution < 1.29 is 21.6 Å². The van der Waals surface area contributed by atoms with Gasteiger partial charge >= 0.3 is 6.18 Å². The summed E-state index contributed by atoms with van der Waals surface area (Å²) >= 11 is 0. The number of aromatic nitrogens is 1. The summed E-state index contributed by atoms with van der Waals surface area (Å²) in [6.45, 7) is 0. The molecule has 8 heteroatoms. The summed E-state index contributed by atoms with van der Waals surface area (Å²) in [7, 11) is -1.09. The van der Waals surface area contributed by atoms with Crippen LogP contribution in [0.15, 0.2) is 47.4 Å². The summed E-state index contributed by atoms with van der Waals surface area (Å²) in [5, 5.41) is 0. The van der Waals surface area contributed by atoms with Crippen molar-refractivity contribution in [3.05, 3.63) is 48.2 Å². The molecule has 0 saturated carbocycles. The fraction of sp³-hybridized carbons (Fsp3) is 0.214. The van der Waals surface area contributed by atoms with Gasteiger partial charge in [0.25, 0.3) is 0 Å². The number of hydrogen-bond acceptors (Lipinski definition) is 3. The van der Waals surface area contributed by atoms with Crippen LogP contribution in [0.5, 0.6) is 0 Å². The zero-order chi connectivity index (χ0) is 16.5. The standard InChI is InChI=1S/C14H13F3N2O2S/c1-19(2)22(20,21)12-8-4-3-6-10(12)11-7-5-9-13(18-11)14(15,16)17/h3-9H,1-2H3. The minimum Gasteiger partial charge on any atom is -0.243 e. The van der Waals surface area contributed by atoms with E-state index in [0.717, 1.165) is 10.4 Å². The predicted octanol–water partition coefficient (Wildman–Crippen LogP) is 3.02. The van der Waals surface area contributed by atoms with Gasteiger partial charge in [0.1, 0.15) is 5.69 Å². The molecule has 1 aromatic carbocycles. The van der Waals surface area contributed by atoms with Crippen molar-refractivity contribution >= 4 is 10.0 Å². The minimum absolute atomic E-state index is 0.0455. The van der Waals surface area contributed by atoms with Crippen LogP contribution in [0.25, 0.3) is 11.3 Å². The highest BCUT2D eigenvalue weighted by atomic mass is 32.2. The average Bonchev–Trinajstić information content (AvgIpc) is 2.46. The largest absolute Gasteiger partial charge is 0.433 e. The van der Waals surface area contributed by atoms with Crippen molar-refractivity contribution in [1.29, 1.82) is 0 Å². The molecule has 2 rings (SSSR count). The van der Waals surface area contributed by atoms with Gasteiger partial charge in [-0.2, -0.15) is 13.2 Å². The van der Waals surface area contributed by atoms with Crippen LogP contribution in [0.1, 0.15) is 5.69 Å². The summed E-state index contributed by atoms with van der Waals surface area (Å²) < 4.78 is 63.8. The van der Waals surface area contributed by atoms with Crippen molar-refractivity contribution in [1.82, 2.24) is 9.29 Å². The molecular weight excluding hydrogens is 317 g/mol. The normalized spacial score (nSPS) is 12.6. The molecule has 0 N–H and O–H groups in total. The van der Waals surface area contributed by atoms with Gasteiger partial charge in [0, 0.05) is 19.7 Å². The number of halogens is 3. The summed E-state index contributed by atoms with van der Waals surface area (Å²) in [5.74, 6) is 0. The first-order valence-electron chi connectivity index (χ1n) is 6.20. The predicted molar refractivity (Wildman–Crippen MR) is 75.5 cm³/mol. The van der Waals surface area contributed by atoms with Gasteiger partial charge in [0.2, 0.25) is 10.0 Å². The van der Waals surface area contributed by atoms with Crippen molar-refractivity contribution in [2.45, 2.75) is 11.1 Å². The number of rotatable bonds is 3. The maximum absolute atomic E-state index is 12.8. The van der Waals surface area contributed by atoms with Crippen LogP contribution in [0, 0.1) is 0 Å². The Bertz CT molecular complexity index is 787. The Morgan fingerprint density at radius 2 is 1.64 bits per heavy atom. The molecule has 0 radical (unpaired) electrons. The van der Waals surface area contributed by atoms with Crippen LogP contribution < -0.4 is 0 Å². The quantitative estimate of drug-likeness (QED) is 0.869. The van der Waals surface area contributed by atoms with Crippen molar-refractivity contribution in [3.63, 3.8) is 0 Å². The molecule has 0 spiro atoms. The number of pyridine rings is 1. The second-order valence-corrected chi connectivity index (χ2v) is 6.81. The van der Waals surface area contributed by atoms with Crippen LogP contribution in [-0.2, 0) is 16.2 Å². The first kappa shape index (κ1) is 16.4. The molecule has 1 heterocycles. The average molecular weight is 330 g/mol. The van der Waals surface area contributed by atoms with Crippen molar-refractivity contribution in [2.75, 3.05) is 14.1 Å². The van der Waals surface area contributed by atoms with Gasteiger partial charge in [-0.05, 0) is 18.2 Å². The van der Waals surface area contributed by atoms with Crippen LogP contribution in [0.4, 0.5) is 13.2 Å². The second kappa shape index (κ2) is 5.69. The van der Waals surface area contributed by atoms with E-state index >= 15 is 0 Å². The SMILES string of the molecule is CN(C)S(=O)(=O)c1ccccc1-c1cccc(C(F)(F)F)n1. The van der Waals surface area contributed by atoms with E-state index in [1.165, 1.54) is 44.4 Å². The first-order chi connectivity index (χ1) is 10.1. The van der Waals surface area contributed by atoms with Crippen LogP contribution >= 0.6 is 0 Å². The fourth-order valence-electron chi connectivity index (χ4n) is 1.84. The highest BCUT2D eigenvalue weighted by Crippen LogP contribution is 2.32. The number of hydrogen-bond donors (Lipinski definition) is 0. The molecule has 0 saturated heterocycles. The topological polar surface area (TPSA) is 50.3 Å². The highest BCUT2D eigenvalue weighted by Gasteiger charge is 2.33. The monoisotopic (exact) mass is 330 g/mol. The lowest BCUT2D eigenvalue weighted by Crippen LogP contribution is -2.23. The number of benzene rings is 1. The first-order valence-corrected chi connectivity index (χ1v) is 7.64. The third kappa shape index (κ3) is 3.12. The second-order valence-electron chi connectivity index (χ2n) is 4.69. The van der Waals surface area contributed by atoms with E-state index < -0.39 is 21.9 Å². The molecule has 118 valence electrons. The third-order valence-electron chi connectivity index (χ3n) is 2.96. The molecule has 0 aliphatic heterocycles. The maximum atomic E-state index is 12.8. The summed E-state index contributed by atoms with van der Waals surface area (Å²) in [6, 6.07) is 9.21. The van der Waals surface area contributed by atoms with Crippen molar-refractivity contribution in [2.24, 2.45) is 0 Å². The molecule has 0 atom stereocenters. The molecule has 0 unspecified atom stereocenters. The van der Waals surface area contributed by atoms with Gasteiger partial charge in [-0.1, -0.05) is 24.3 Å². The molecule has 0 aliphatic carbocycles. The Labute approximate surface area is 126 Å². The summed E-state index contributed by atoms with van der Waals surface area (Å²) in [6.07, 6.45) is -4.59. The smallest absolute Gasteiger partial charge is 0.243 e. The highest BCUT2D eigenvalue weighted by molar-refractivity contribution is 7.89. The Morgan fingerprint density at radius 3 is 2.23 bits per heavy atom. The molecule has 1 aromatic heterocycles. The van der Waals surface area contributed by atoms with Gasteiger partial charge in [-0.15, -0.1) is 0 Å². The molecule has 0 fully saturated rings.